The van der Waals surface area contributed by atoms with Crippen molar-refractivity contribution in [1.29, 1.82) is 0 Å². The highest BCUT2D eigenvalue weighted by molar-refractivity contribution is 5.99. The Morgan fingerprint density at radius 2 is 1.93 bits per heavy atom. The molecule has 2 nitrogen and oxygen atoms in total. The van der Waals surface area contributed by atoms with E-state index in [1.54, 1.807) is 0 Å². The van der Waals surface area contributed by atoms with Crippen molar-refractivity contribution in [2.45, 2.75) is 32.2 Å². The molecule has 0 spiro atoms. The van der Waals surface area contributed by atoms with E-state index in [2.05, 4.69) is 5.32 Å². The van der Waals surface area contributed by atoms with Crippen LogP contribution in [-0.2, 0) is 4.79 Å². The molecule has 1 aromatic rings. The molecule has 0 fully saturated rings. The third-order valence-electron chi connectivity index (χ3n) is 2.88. The van der Waals surface area contributed by atoms with Gasteiger partial charge in [0.1, 0.15) is 0 Å². The largest absolute Gasteiger partial charge is 0.373 e. The Morgan fingerprint density at radius 3 is 2.64 bits per heavy atom. The van der Waals surface area contributed by atoms with E-state index < -0.39 is 5.54 Å². The average Bonchev–Trinajstić information content (AvgIpc) is 2.14. The number of nitrogens with one attached hydrogen (secondary N) is 1. The first kappa shape index (κ1) is 9.25. The van der Waals surface area contributed by atoms with E-state index in [4.69, 9.17) is 0 Å². The molecule has 1 N–H and O–H groups in total. The van der Waals surface area contributed by atoms with E-state index in [0.29, 0.717) is 0 Å². The number of carbonyl (C=O) groups excluding carboxylic acids is 1. The number of carbonyl (C=O) groups is 1. The summed E-state index contributed by atoms with van der Waals surface area (Å²) < 4.78 is 0. The van der Waals surface area contributed by atoms with Gasteiger partial charge in [0.25, 0.3) is 0 Å². The van der Waals surface area contributed by atoms with Crippen LogP contribution in [0.4, 0.5) is 5.69 Å². The average molecular weight is 189 g/mol. The number of fused-ring (bicyclic) bond motifs is 1. The second-order valence-corrected chi connectivity index (χ2v) is 4.42. The van der Waals surface area contributed by atoms with Gasteiger partial charge in [-0.2, -0.15) is 0 Å². The van der Waals surface area contributed by atoms with Gasteiger partial charge in [-0.05, 0) is 25.5 Å². The highest BCUT2D eigenvalue weighted by atomic mass is 16.1. The zero-order chi connectivity index (χ0) is 10.3. The fourth-order valence-corrected chi connectivity index (χ4v) is 2.07. The SMILES string of the molecule is CC1C(=O)C(C)(C)Nc2ccccc21. The van der Waals surface area contributed by atoms with Gasteiger partial charge in [-0.1, -0.05) is 25.1 Å². The number of hydrogen-bond acceptors (Lipinski definition) is 2. The molecule has 0 bridgehead atoms. The van der Waals surface area contributed by atoms with Gasteiger partial charge >= 0.3 is 0 Å². The van der Waals surface area contributed by atoms with Gasteiger partial charge in [-0.25, -0.2) is 0 Å². The van der Waals surface area contributed by atoms with E-state index in [1.807, 2.05) is 45.0 Å². The maximum absolute atomic E-state index is 11.9. The molecule has 1 aliphatic rings. The number of ketones is 1. The quantitative estimate of drug-likeness (QED) is 0.679. The van der Waals surface area contributed by atoms with Crippen LogP contribution < -0.4 is 5.32 Å². The topological polar surface area (TPSA) is 29.1 Å². The van der Waals surface area contributed by atoms with Crippen LogP contribution >= 0.6 is 0 Å². The number of anilines is 1. The predicted molar refractivity (Wildman–Crippen MR) is 57.6 cm³/mol. The molecule has 0 aromatic heterocycles. The van der Waals surface area contributed by atoms with Crippen LogP contribution in [0.3, 0.4) is 0 Å². The lowest BCUT2D eigenvalue weighted by Crippen LogP contribution is -2.46. The van der Waals surface area contributed by atoms with Gasteiger partial charge in [0.2, 0.25) is 0 Å². The summed E-state index contributed by atoms with van der Waals surface area (Å²) in [5.74, 6) is 0.263. The van der Waals surface area contributed by atoms with Crippen LogP contribution in [-0.4, -0.2) is 11.3 Å². The Hall–Kier alpha value is -1.31. The Kier molecular flexibility index (Phi) is 1.88. The van der Waals surface area contributed by atoms with Crippen molar-refractivity contribution in [3.05, 3.63) is 29.8 Å². The van der Waals surface area contributed by atoms with Gasteiger partial charge < -0.3 is 5.32 Å². The lowest BCUT2D eigenvalue weighted by Gasteiger charge is -2.35. The second kappa shape index (κ2) is 2.84. The Balaban J connectivity index is 2.53. The van der Waals surface area contributed by atoms with Gasteiger partial charge in [0, 0.05) is 11.6 Å². The minimum atomic E-state index is -0.437. The summed E-state index contributed by atoms with van der Waals surface area (Å²) in [5, 5.41) is 3.27. The van der Waals surface area contributed by atoms with Crippen LogP contribution in [0, 0.1) is 0 Å². The van der Waals surface area contributed by atoms with Crippen LogP contribution in [0.15, 0.2) is 24.3 Å². The van der Waals surface area contributed by atoms with E-state index in [-0.39, 0.29) is 11.7 Å². The van der Waals surface area contributed by atoms with E-state index in [9.17, 15) is 4.79 Å². The molecule has 74 valence electrons. The third-order valence-corrected chi connectivity index (χ3v) is 2.88. The third kappa shape index (κ3) is 1.22. The summed E-state index contributed by atoms with van der Waals surface area (Å²) in [5.41, 5.74) is 1.76. The fraction of sp³-hybridized carbons (Fsp3) is 0.417. The van der Waals surface area contributed by atoms with Crippen LogP contribution in [0.5, 0.6) is 0 Å². The molecule has 14 heavy (non-hydrogen) atoms. The van der Waals surface area contributed by atoms with Crippen molar-refractivity contribution in [3.63, 3.8) is 0 Å². The van der Waals surface area contributed by atoms with Gasteiger partial charge in [-0.3, -0.25) is 4.79 Å². The minimum absolute atomic E-state index is 0.00227. The van der Waals surface area contributed by atoms with Crippen LogP contribution in [0.25, 0.3) is 0 Å². The molecule has 1 aromatic carbocycles. The fourth-order valence-electron chi connectivity index (χ4n) is 2.07. The van der Waals surface area contributed by atoms with Crippen molar-refractivity contribution in [1.82, 2.24) is 0 Å². The molecule has 1 aliphatic heterocycles. The molecular formula is C12H15NO. The molecule has 2 rings (SSSR count). The van der Waals surface area contributed by atoms with Gasteiger partial charge in [0.05, 0.1) is 5.54 Å². The van der Waals surface area contributed by atoms with Crippen molar-refractivity contribution < 1.29 is 4.79 Å². The Morgan fingerprint density at radius 1 is 1.29 bits per heavy atom. The van der Waals surface area contributed by atoms with Crippen LogP contribution in [0.2, 0.25) is 0 Å². The lowest BCUT2D eigenvalue weighted by atomic mass is 9.81. The summed E-state index contributed by atoms with van der Waals surface area (Å²) in [6, 6.07) is 8.01. The van der Waals surface area contributed by atoms with Crippen LogP contribution in [0.1, 0.15) is 32.3 Å². The molecule has 0 radical (unpaired) electrons. The molecule has 2 heteroatoms. The summed E-state index contributed by atoms with van der Waals surface area (Å²) >= 11 is 0. The minimum Gasteiger partial charge on any atom is -0.373 e. The molecule has 0 amide bonds. The number of hydrogen-bond donors (Lipinski definition) is 1. The smallest absolute Gasteiger partial charge is 0.164 e. The summed E-state index contributed by atoms with van der Waals surface area (Å²) in [6.45, 7) is 5.84. The Bertz CT molecular complexity index is 382. The summed E-state index contributed by atoms with van der Waals surface area (Å²) in [7, 11) is 0. The van der Waals surface area contributed by atoms with E-state index in [1.165, 1.54) is 0 Å². The van der Waals surface area contributed by atoms with E-state index in [0.717, 1.165) is 11.3 Å². The zero-order valence-corrected chi connectivity index (χ0v) is 8.79. The Labute approximate surface area is 84.3 Å². The number of Topliss-reactive ketones (excluding diaryl/α,β-unsaturated/α-hetero) is 1. The first-order valence-electron chi connectivity index (χ1n) is 4.94. The monoisotopic (exact) mass is 189 g/mol. The molecule has 0 saturated heterocycles. The second-order valence-electron chi connectivity index (χ2n) is 4.42. The zero-order valence-electron chi connectivity index (χ0n) is 8.79. The predicted octanol–water partition coefficient (Wildman–Crippen LogP) is 2.56. The van der Waals surface area contributed by atoms with Crippen molar-refractivity contribution >= 4 is 11.5 Å². The van der Waals surface area contributed by atoms with Crippen molar-refractivity contribution in [2.75, 3.05) is 5.32 Å². The standard InChI is InChI=1S/C12H15NO/c1-8-9-6-4-5-7-10(9)13-12(2,3)11(8)14/h4-8,13H,1-3H3. The van der Waals surface area contributed by atoms with Crippen molar-refractivity contribution in [3.8, 4) is 0 Å². The molecular weight excluding hydrogens is 174 g/mol. The molecule has 0 aliphatic carbocycles. The number of rotatable bonds is 0. The normalized spacial score (nSPS) is 23.9. The maximum Gasteiger partial charge on any atom is 0.164 e. The van der Waals surface area contributed by atoms with Gasteiger partial charge in [0.15, 0.2) is 5.78 Å². The number of benzene rings is 1. The summed E-state index contributed by atoms with van der Waals surface area (Å²) in [6.07, 6.45) is 0. The first-order chi connectivity index (χ1) is 6.52. The number of para-hydroxylation sites is 1. The van der Waals surface area contributed by atoms with Gasteiger partial charge in [-0.15, -0.1) is 0 Å². The lowest BCUT2D eigenvalue weighted by molar-refractivity contribution is -0.123. The maximum atomic E-state index is 11.9. The molecule has 0 saturated carbocycles. The highest BCUT2D eigenvalue weighted by Crippen LogP contribution is 2.35. The molecule has 1 atom stereocenters. The molecule has 1 unspecified atom stereocenters. The van der Waals surface area contributed by atoms with E-state index >= 15 is 0 Å². The molecule has 1 heterocycles. The van der Waals surface area contributed by atoms with Crippen molar-refractivity contribution in [2.24, 2.45) is 0 Å². The highest BCUT2D eigenvalue weighted by Gasteiger charge is 2.37. The summed E-state index contributed by atoms with van der Waals surface area (Å²) in [4.78, 5) is 11.9. The first-order valence-corrected chi connectivity index (χ1v) is 4.94.